The van der Waals surface area contributed by atoms with Gasteiger partial charge >= 0.3 is 0 Å². The minimum absolute atomic E-state index is 0.329. The van der Waals surface area contributed by atoms with Crippen molar-refractivity contribution >= 4 is 13.6 Å². The Bertz CT molecular complexity index is 170. The lowest BCUT2D eigenvalue weighted by Gasteiger charge is -1.89. The Kier molecular flexibility index (Phi) is 10.1. The first-order chi connectivity index (χ1) is 5.79. The van der Waals surface area contributed by atoms with Gasteiger partial charge in [-0.15, -0.1) is 0 Å². The smallest absolute Gasteiger partial charge is 0.115 e. The molecule has 3 nitrogen and oxygen atoms in total. The van der Waals surface area contributed by atoms with Crippen LogP contribution < -0.4 is 0 Å². The van der Waals surface area contributed by atoms with E-state index in [-0.39, 0.29) is 0 Å². The van der Waals surface area contributed by atoms with Gasteiger partial charge in [0.2, 0.25) is 0 Å². The third-order valence-corrected chi connectivity index (χ3v) is 1.03. The Morgan fingerprint density at radius 2 is 1.33 bits per heavy atom. The first kappa shape index (κ1) is 13.0. The van der Waals surface area contributed by atoms with E-state index in [1.165, 1.54) is 5.56 Å². The molecule has 1 N–H and O–H groups in total. The van der Waals surface area contributed by atoms with Crippen molar-refractivity contribution in [1.82, 2.24) is 0 Å². The van der Waals surface area contributed by atoms with Crippen LogP contribution in [0.5, 0.6) is 5.75 Å². The summed E-state index contributed by atoms with van der Waals surface area (Å²) in [5.41, 5.74) is 1.17. The van der Waals surface area contributed by atoms with Crippen LogP contribution in [0.25, 0.3) is 0 Å². The Morgan fingerprint density at radius 1 is 1.00 bits per heavy atom. The number of carbonyl (C=O) groups excluding carboxylic acids is 2. The van der Waals surface area contributed by atoms with Crippen molar-refractivity contribution < 1.29 is 14.7 Å². The van der Waals surface area contributed by atoms with Gasteiger partial charge < -0.3 is 14.7 Å². The van der Waals surface area contributed by atoms with Crippen LogP contribution in [0.4, 0.5) is 0 Å². The number of hydrogen-bond acceptors (Lipinski definition) is 3. The van der Waals surface area contributed by atoms with Gasteiger partial charge in [0.15, 0.2) is 0 Å². The van der Waals surface area contributed by atoms with Gasteiger partial charge in [-0.3, -0.25) is 0 Å². The standard InChI is InChI=1S/C7H8O.2CH2O/c1-6-2-4-7(8)5-3-6;2*1-2/h2-5,8H,1H3;2*1H2. The fourth-order valence-electron chi connectivity index (χ4n) is 0.545. The molecule has 0 radical (unpaired) electrons. The lowest BCUT2D eigenvalue weighted by molar-refractivity contribution is -0.0987. The second-order valence-electron chi connectivity index (χ2n) is 1.84. The summed E-state index contributed by atoms with van der Waals surface area (Å²) >= 11 is 0. The van der Waals surface area contributed by atoms with Crippen molar-refractivity contribution in [2.24, 2.45) is 0 Å². The number of benzene rings is 1. The van der Waals surface area contributed by atoms with Gasteiger partial charge in [0.05, 0.1) is 0 Å². The molecule has 1 rings (SSSR count). The third-order valence-electron chi connectivity index (χ3n) is 1.03. The average molecular weight is 168 g/mol. The summed E-state index contributed by atoms with van der Waals surface area (Å²) in [6.07, 6.45) is 0. The molecular formula is C9H12O3. The molecule has 0 saturated heterocycles. The highest BCUT2D eigenvalue weighted by Gasteiger charge is 1.82. The summed E-state index contributed by atoms with van der Waals surface area (Å²) in [5.74, 6) is 0.329. The molecule has 3 heteroatoms. The molecule has 0 aliphatic rings. The molecule has 0 heterocycles. The molecule has 1 aromatic carbocycles. The lowest BCUT2D eigenvalue weighted by Crippen LogP contribution is -1.66. The quantitative estimate of drug-likeness (QED) is 0.635. The van der Waals surface area contributed by atoms with Gasteiger partial charge in [0.1, 0.15) is 19.3 Å². The minimum atomic E-state index is 0.329. The monoisotopic (exact) mass is 168 g/mol. The van der Waals surface area contributed by atoms with Gasteiger partial charge in [-0.25, -0.2) is 0 Å². The molecule has 0 fully saturated rings. The van der Waals surface area contributed by atoms with E-state index in [1.54, 1.807) is 12.1 Å². The van der Waals surface area contributed by atoms with Crippen LogP contribution in [0.15, 0.2) is 24.3 Å². The van der Waals surface area contributed by atoms with Gasteiger partial charge in [-0.2, -0.15) is 0 Å². The number of aromatic hydroxyl groups is 1. The molecule has 0 atom stereocenters. The summed E-state index contributed by atoms with van der Waals surface area (Å²) in [6, 6.07) is 7.09. The van der Waals surface area contributed by atoms with Crippen molar-refractivity contribution in [2.75, 3.05) is 0 Å². The van der Waals surface area contributed by atoms with E-state index in [0.29, 0.717) is 5.75 Å². The molecule has 0 aliphatic carbocycles. The predicted molar refractivity (Wildman–Crippen MR) is 47.1 cm³/mol. The Balaban J connectivity index is 0. The van der Waals surface area contributed by atoms with E-state index in [0.717, 1.165) is 0 Å². The Hall–Kier alpha value is -1.64. The van der Waals surface area contributed by atoms with Crippen LogP contribution in [0.2, 0.25) is 0 Å². The summed E-state index contributed by atoms with van der Waals surface area (Å²) < 4.78 is 0. The maximum atomic E-state index is 8.76. The van der Waals surface area contributed by atoms with E-state index in [2.05, 4.69) is 0 Å². The zero-order chi connectivity index (χ0) is 9.98. The second kappa shape index (κ2) is 9.36. The molecule has 0 spiro atoms. The van der Waals surface area contributed by atoms with Gasteiger partial charge in [0, 0.05) is 0 Å². The largest absolute Gasteiger partial charge is 0.508 e. The predicted octanol–water partition coefficient (Wildman–Crippen LogP) is 1.33. The van der Waals surface area contributed by atoms with Crippen LogP contribution >= 0.6 is 0 Å². The Labute approximate surface area is 71.7 Å². The van der Waals surface area contributed by atoms with E-state index in [9.17, 15) is 0 Å². The molecule has 0 saturated carbocycles. The van der Waals surface area contributed by atoms with E-state index < -0.39 is 0 Å². The number of hydrogen-bond donors (Lipinski definition) is 1. The van der Waals surface area contributed by atoms with Crippen molar-refractivity contribution in [2.45, 2.75) is 6.92 Å². The molecule has 0 unspecified atom stereocenters. The fourth-order valence-corrected chi connectivity index (χ4v) is 0.545. The molecular weight excluding hydrogens is 156 g/mol. The molecule has 0 bridgehead atoms. The van der Waals surface area contributed by atoms with E-state index in [1.807, 2.05) is 32.6 Å². The number of phenolic OH excluding ortho intramolecular Hbond substituents is 1. The molecule has 66 valence electrons. The molecule has 0 amide bonds. The number of carbonyl (C=O) groups is 2. The second-order valence-corrected chi connectivity index (χ2v) is 1.84. The zero-order valence-electron chi connectivity index (χ0n) is 6.99. The van der Waals surface area contributed by atoms with Crippen molar-refractivity contribution in [3.63, 3.8) is 0 Å². The first-order valence-corrected chi connectivity index (χ1v) is 3.12. The highest BCUT2D eigenvalue weighted by atomic mass is 16.3. The van der Waals surface area contributed by atoms with Gasteiger partial charge in [0.25, 0.3) is 0 Å². The van der Waals surface area contributed by atoms with Crippen LogP contribution in [0.1, 0.15) is 5.56 Å². The molecule has 0 aliphatic heterocycles. The van der Waals surface area contributed by atoms with E-state index >= 15 is 0 Å². The molecule has 1 aromatic rings. The number of rotatable bonds is 0. The molecule has 0 aromatic heterocycles. The minimum Gasteiger partial charge on any atom is -0.508 e. The highest BCUT2D eigenvalue weighted by molar-refractivity contribution is 5.24. The van der Waals surface area contributed by atoms with E-state index in [4.69, 9.17) is 14.7 Å². The summed E-state index contributed by atoms with van der Waals surface area (Å²) in [6.45, 7) is 5.99. The van der Waals surface area contributed by atoms with Crippen LogP contribution in [0, 0.1) is 6.92 Å². The van der Waals surface area contributed by atoms with Crippen molar-refractivity contribution in [1.29, 1.82) is 0 Å². The van der Waals surface area contributed by atoms with Gasteiger partial charge in [-0.05, 0) is 19.1 Å². The van der Waals surface area contributed by atoms with Crippen LogP contribution in [-0.2, 0) is 9.59 Å². The SMILES string of the molecule is C=O.C=O.Cc1ccc(O)cc1. The van der Waals surface area contributed by atoms with Crippen molar-refractivity contribution in [3.8, 4) is 5.75 Å². The number of aryl methyl sites for hydroxylation is 1. The first-order valence-electron chi connectivity index (χ1n) is 3.12. The fraction of sp³-hybridized carbons (Fsp3) is 0.111. The lowest BCUT2D eigenvalue weighted by atomic mass is 10.2. The highest BCUT2D eigenvalue weighted by Crippen LogP contribution is 2.07. The summed E-state index contributed by atoms with van der Waals surface area (Å²) in [4.78, 5) is 16.0. The van der Waals surface area contributed by atoms with Crippen LogP contribution in [-0.4, -0.2) is 18.7 Å². The Morgan fingerprint density at radius 3 is 1.58 bits per heavy atom. The van der Waals surface area contributed by atoms with Crippen LogP contribution in [0.3, 0.4) is 0 Å². The maximum absolute atomic E-state index is 8.76. The zero-order valence-corrected chi connectivity index (χ0v) is 6.99. The summed E-state index contributed by atoms with van der Waals surface area (Å²) in [7, 11) is 0. The normalized spacial score (nSPS) is 6.75. The van der Waals surface area contributed by atoms with Gasteiger partial charge in [-0.1, -0.05) is 17.7 Å². The third kappa shape index (κ3) is 6.48. The summed E-state index contributed by atoms with van der Waals surface area (Å²) in [5, 5.41) is 8.76. The average Bonchev–Trinajstić information content (AvgIpc) is 2.17. The number of phenols is 1. The topological polar surface area (TPSA) is 54.4 Å². The van der Waals surface area contributed by atoms with Crippen molar-refractivity contribution in [3.05, 3.63) is 29.8 Å². The molecule has 12 heavy (non-hydrogen) atoms. The maximum Gasteiger partial charge on any atom is 0.115 e.